The second-order valence-corrected chi connectivity index (χ2v) is 6.81. The largest absolute Gasteiger partial charge is 0.488 e. The zero-order valence-electron chi connectivity index (χ0n) is 16.6. The number of nitro groups is 1. The van der Waals surface area contributed by atoms with Crippen LogP contribution in [0.4, 0.5) is 17.3 Å². The fourth-order valence-electron chi connectivity index (χ4n) is 3.17. The highest BCUT2D eigenvalue weighted by atomic mass is 16.6. The average Bonchev–Trinajstić information content (AvgIpc) is 2.77. The molecule has 0 bridgehead atoms. The van der Waals surface area contributed by atoms with Crippen molar-refractivity contribution in [3.63, 3.8) is 0 Å². The van der Waals surface area contributed by atoms with Crippen molar-refractivity contribution in [2.24, 2.45) is 0 Å². The van der Waals surface area contributed by atoms with E-state index >= 15 is 0 Å². The van der Waals surface area contributed by atoms with Crippen molar-refractivity contribution < 1.29 is 19.6 Å². The van der Waals surface area contributed by atoms with E-state index in [9.17, 15) is 14.9 Å². The number of carboxylic acid groups (broad SMARTS) is 1. The molecule has 10 nitrogen and oxygen atoms in total. The van der Waals surface area contributed by atoms with E-state index in [1.54, 1.807) is 48.7 Å². The minimum absolute atomic E-state index is 0.0228. The lowest BCUT2D eigenvalue weighted by Gasteiger charge is -2.11. The molecule has 0 fully saturated rings. The Bertz CT molecular complexity index is 1310. The topological polar surface area (TPSA) is 140 Å². The maximum absolute atomic E-state index is 11.3. The van der Waals surface area contributed by atoms with E-state index < -0.39 is 10.9 Å². The number of ether oxygens (including phenoxy) is 1. The van der Waals surface area contributed by atoms with E-state index in [1.165, 1.54) is 18.5 Å². The van der Waals surface area contributed by atoms with Crippen LogP contribution in [0.1, 0.15) is 11.3 Å². The van der Waals surface area contributed by atoms with Crippen molar-refractivity contribution in [1.29, 1.82) is 0 Å². The lowest BCUT2D eigenvalue weighted by molar-refractivity contribution is -0.383. The number of non-ortho nitro benzene ring substituents is 1. The van der Waals surface area contributed by atoms with Gasteiger partial charge in [0.15, 0.2) is 0 Å². The van der Waals surface area contributed by atoms with E-state index in [-0.39, 0.29) is 18.7 Å². The van der Waals surface area contributed by atoms with Gasteiger partial charge < -0.3 is 15.2 Å². The molecular weight excluding hydrogens is 414 g/mol. The molecule has 0 unspecified atom stereocenters. The van der Waals surface area contributed by atoms with Crippen LogP contribution in [0.3, 0.4) is 0 Å². The van der Waals surface area contributed by atoms with Gasteiger partial charge in [-0.2, -0.15) is 0 Å². The monoisotopic (exact) mass is 431 g/mol. The first-order chi connectivity index (χ1) is 15.5. The van der Waals surface area contributed by atoms with Crippen LogP contribution in [0.15, 0.2) is 67.1 Å². The number of carboxylic acids is 1. The fourth-order valence-corrected chi connectivity index (χ4v) is 3.17. The lowest BCUT2D eigenvalue weighted by Crippen LogP contribution is -2.05. The minimum atomic E-state index is -0.993. The molecule has 2 N–H and O–H groups in total. The van der Waals surface area contributed by atoms with E-state index in [0.717, 1.165) is 5.56 Å². The van der Waals surface area contributed by atoms with Gasteiger partial charge in [-0.1, -0.05) is 18.2 Å². The van der Waals surface area contributed by atoms with E-state index in [4.69, 9.17) is 9.84 Å². The zero-order chi connectivity index (χ0) is 22.5. The van der Waals surface area contributed by atoms with E-state index in [1.807, 2.05) is 0 Å². The Morgan fingerprint density at radius 1 is 1.09 bits per heavy atom. The van der Waals surface area contributed by atoms with Crippen LogP contribution in [0, 0.1) is 10.1 Å². The first-order valence-electron chi connectivity index (χ1n) is 9.53. The van der Waals surface area contributed by atoms with Gasteiger partial charge in [-0.3, -0.25) is 19.9 Å². The molecule has 2 aromatic heterocycles. The fraction of sp³-hybridized carbons (Fsp3) is 0.0909. The molecule has 0 aliphatic carbocycles. The molecular formula is C22H17N5O5. The summed E-state index contributed by atoms with van der Waals surface area (Å²) in [7, 11) is 0. The highest BCUT2D eigenvalue weighted by Gasteiger charge is 2.14. The number of pyridine rings is 1. The zero-order valence-corrected chi connectivity index (χ0v) is 16.6. The van der Waals surface area contributed by atoms with E-state index in [0.29, 0.717) is 33.9 Å². The number of carbonyl (C=O) groups is 1. The standard InChI is InChI=1S/C22H17N5O5/c28-22(29)10-15-11-23-12-21(25-15)26-20-9-14(7-8-24-20)13-32-19-6-5-18(27(30)31)16-3-1-2-4-17(16)19/h1-9,11-12H,10,13H2,(H,28,29)(H,24,25,26). The number of nitrogens with one attached hydrogen (secondary N) is 1. The summed E-state index contributed by atoms with van der Waals surface area (Å²) in [5, 5.41) is 24.3. The molecule has 160 valence electrons. The Morgan fingerprint density at radius 3 is 2.69 bits per heavy atom. The summed E-state index contributed by atoms with van der Waals surface area (Å²) >= 11 is 0. The number of nitrogens with zero attached hydrogens (tertiary/aromatic N) is 4. The van der Waals surface area contributed by atoms with Crippen LogP contribution >= 0.6 is 0 Å². The predicted octanol–water partition coefficient (Wildman–Crippen LogP) is 3.88. The first-order valence-corrected chi connectivity index (χ1v) is 9.53. The number of benzene rings is 2. The third kappa shape index (κ3) is 4.75. The Hall–Kier alpha value is -4.60. The maximum Gasteiger partial charge on any atom is 0.309 e. The molecule has 0 atom stereocenters. The first kappa shape index (κ1) is 20.7. The summed E-state index contributed by atoms with van der Waals surface area (Å²) in [5.74, 6) is 0.398. The van der Waals surface area contributed by atoms with Crippen LogP contribution in [0.25, 0.3) is 10.8 Å². The number of anilines is 2. The predicted molar refractivity (Wildman–Crippen MR) is 116 cm³/mol. The summed E-state index contributed by atoms with van der Waals surface area (Å²) in [6.45, 7) is 0.212. The Morgan fingerprint density at radius 2 is 1.91 bits per heavy atom. The number of aromatic nitrogens is 3. The Balaban J connectivity index is 1.50. The van der Waals surface area contributed by atoms with Gasteiger partial charge in [0.25, 0.3) is 5.69 Å². The lowest BCUT2D eigenvalue weighted by atomic mass is 10.1. The molecule has 32 heavy (non-hydrogen) atoms. The highest BCUT2D eigenvalue weighted by Crippen LogP contribution is 2.33. The highest BCUT2D eigenvalue weighted by molar-refractivity contribution is 5.95. The summed E-state index contributed by atoms with van der Waals surface area (Å²) in [6, 6.07) is 13.6. The molecule has 2 aromatic carbocycles. The molecule has 0 aliphatic heterocycles. The second kappa shape index (κ2) is 9.04. The van der Waals surface area contributed by atoms with Gasteiger partial charge in [-0.05, 0) is 29.8 Å². The van der Waals surface area contributed by atoms with Crippen LogP contribution in [0.5, 0.6) is 5.75 Å². The van der Waals surface area contributed by atoms with Crippen LogP contribution in [-0.2, 0) is 17.8 Å². The third-order valence-corrected chi connectivity index (χ3v) is 4.55. The van der Waals surface area contributed by atoms with Gasteiger partial charge in [0, 0.05) is 23.8 Å². The molecule has 4 rings (SSSR count). The minimum Gasteiger partial charge on any atom is -0.488 e. The number of rotatable bonds is 8. The Kier molecular flexibility index (Phi) is 5.84. The van der Waals surface area contributed by atoms with Crippen molar-refractivity contribution in [2.45, 2.75) is 13.0 Å². The van der Waals surface area contributed by atoms with Crippen molar-refractivity contribution in [3.05, 3.63) is 88.5 Å². The second-order valence-electron chi connectivity index (χ2n) is 6.81. The Labute approximate surface area is 181 Å². The SMILES string of the molecule is O=C(O)Cc1cncc(Nc2cc(COc3ccc([N+](=O)[O-])c4ccccc34)ccn2)n1. The van der Waals surface area contributed by atoms with Crippen molar-refractivity contribution in [2.75, 3.05) is 5.32 Å². The number of nitro benzene ring substituents is 1. The number of aliphatic carboxylic acids is 1. The summed E-state index contributed by atoms with van der Waals surface area (Å²) in [6.07, 6.45) is 4.24. The third-order valence-electron chi connectivity index (χ3n) is 4.55. The molecule has 4 aromatic rings. The molecule has 2 heterocycles. The van der Waals surface area contributed by atoms with Crippen molar-refractivity contribution in [3.8, 4) is 5.75 Å². The van der Waals surface area contributed by atoms with Crippen molar-refractivity contribution in [1.82, 2.24) is 15.0 Å². The average molecular weight is 431 g/mol. The maximum atomic E-state index is 11.3. The van der Waals surface area contributed by atoms with Crippen LogP contribution in [-0.4, -0.2) is 31.0 Å². The van der Waals surface area contributed by atoms with Gasteiger partial charge >= 0.3 is 5.97 Å². The molecule has 0 saturated carbocycles. The molecule has 0 spiro atoms. The van der Waals surface area contributed by atoms with Crippen molar-refractivity contribution >= 4 is 34.1 Å². The summed E-state index contributed by atoms with van der Waals surface area (Å²) in [4.78, 5) is 34.2. The normalized spacial score (nSPS) is 10.6. The number of hydrogen-bond acceptors (Lipinski definition) is 8. The molecule has 10 heteroatoms. The van der Waals surface area contributed by atoms with Gasteiger partial charge in [0.1, 0.15) is 24.0 Å². The van der Waals surface area contributed by atoms with Crippen LogP contribution < -0.4 is 10.1 Å². The number of fused-ring (bicyclic) bond motifs is 1. The quantitative estimate of drug-likeness (QED) is 0.314. The van der Waals surface area contributed by atoms with E-state index in [2.05, 4.69) is 20.3 Å². The smallest absolute Gasteiger partial charge is 0.309 e. The van der Waals surface area contributed by atoms with Gasteiger partial charge in [-0.15, -0.1) is 0 Å². The number of hydrogen-bond donors (Lipinski definition) is 2. The van der Waals surface area contributed by atoms with Gasteiger partial charge in [0.05, 0.1) is 28.6 Å². The molecule has 0 radical (unpaired) electrons. The molecule has 0 saturated heterocycles. The van der Waals surface area contributed by atoms with Gasteiger partial charge in [-0.25, -0.2) is 9.97 Å². The van der Waals surface area contributed by atoms with Crippen LogP contribution in [0.2, 0.25) is 0 Å². The molecule has 0 amide bonds. The molecule has 0 aliphatic rings. The summed E-state index contributed by atoms with van der Waals surface area (Å²) < 4.78 is 5.94. The summed E-state index contributed by atoms with van der Waals surface area (Å²) in [5.41, 5.74) is 1.15. The van der Waals surface area contributed by atoms with Gasteiger partial charge in [0.2, 0.25) is 0 Å².